The van der Waals surface area contributed by atoms with Crippen LogP contribution in [0.1, 0.15) is 53.2 Å². The summed E-state index contributed by atoms with van der Waals surface area (Å²) in [4.78, 5) is 41.5. The maximum absolute atomic E-state index is 13.3. The minimum Gasteiger partial charge on any atom is -0.444 e. The summed E-state index contributed by atoms with van der Waals surface area (Å²) < 4.78 is 7.06. The first-order chi connectivity index (χ1) is 14.6. The third-order valence-electron chi connectivity index (χ3n) is 5.09. The molecule has 1 fully saturated rings. The highest BCUT2D eigenvalue weighted by Crippen LogP contribution is 2.29. The van der Waals surface area contributed by atoms with Crippen molar-refractivity contribution in [3.8, 4) is 0 Å². The van der Waals surface area contributed by atoms with Gasteiger partial charge in [0.15, 0.2) is 0 Å². The fourth-order valence-electron chi connectivity index (χ4n) is 3.57. The van der Waals surface area contributed by atoms with E-state index in [-0.39, 0.29) is 18.4 Å². The Kier molecular flexibility index (Phi) is 6.33. The molecule has 166 valence electrons. The molecule has 2 aromatic rings. The molecule has 2 heterocycles. The first kappa shape index (κ1) is 22.3. The Balaban J connectivity index is 1.94. The van der Waals surface area contributed by atoms with E-state index in [1.165, 1.54) is 4.68 Å². The van der Waals surface area contributed by atoms with Crippen molar-refractivity contribution < 1.29 is 19.1 Å². The van der Waals surface area contributed by atoms with Crippen LogP contribution in [0, 0.1) is 0 Å². The Morgan fingerprint density at radius 3 is 2.52 bits per heavy atom. The Bertz CT molecular complexity index is 978. The first-order valence-electron chi connectivity index (χ1n) is 10.2. The second-order valence-electron chi connectivity index (χ2n) is 8.49. The molecule has 1 N–H and O–H groups in total. The van der Waals surface area contributed by atoms with Crippen molar-refractivity contribution in [2.45, 2.75) is 32.4 Å². The molecule has 9 nitrogen and oxygen atoms in total. The van der Waals surface area contributed by atoms with Gasteiger partial charge >= 0.3 is 6.09 Å². The number of aryl methyl sites for hydroxylation is 1. The number of carbonyl (C=O) groups excluding carboxylic acids is 3. The van der Waals surface area contributed by atoms with Crippen molar-refractivity contribution in [2.75, 3.05) is 26.7 Å². The van der Waals surface area contributed by atoms with Crippen LogP contribution in [0.25, 0.3) is 0 Å². The quantitative estimate of drug-likeness (QED) is 0.810. The molecule has 0 bridgehead atoms. The molecule has 0 radical (unpaired) electrons. The van der Waals surface area contributed by atoms with Gasteiger partial charge in [-0.1, -0.05) is 12.1 Å². The summed E-state index contributed by atoms with van der Waals surface area (Å²) >= 11 is 0. The van der Waals surface area contributed by atoms with E-state index in [2.05, 4.69) is 10.4 Å². The molecule has 3 amide bonds. The van der Waals surface area contributed by atoms with Gasteiger partial charge in [0.25, 0.3) is 11.8 Å². The Morgan fingerprint density at radius 2 is 1.90 bits per heavy atom. The highest BCUT2D eigenvalue weighted by molar-refractivity contribution is 5.95. The van der Waals surface area contributed by atoms with Crippen LogP contribution in [-0.4, -0.2) is 69.8 Å². The number of ether oxygens (including phenoxy) is 1. The van der Waals surface area contributed by atoms with Gasteiger partial charge in [-0.3, -0.25) is 14.3 Å². The number of benzene rings is 1. The molecule has 0 unspecified atom stereocenters. The van der Waals surface area contributed by atoms with E-state index in [1.54, 1.807) is 54.4 Å². The van der Waals surface area contributed by atoms with Crippen LogP contribution < -0.4 is 5.32 Å². The molecule has 9 heteroatoms. The lowest BCUT2D eigenvalue weighted by molar-refractivity contribution is 0.00383. The highest BCUT2D eigenvalue weighted by Gasteiger charge is 2.36. The van der Waals surface area contributed by atoms with Crippen LogP contribution in [-0.2, 0) is 11.8 Å². The van der Waals surface area contributed by atoms with Gasteiger partial charge in [-0.2, -0.15) is 5.10 Å². The van der Waals surface area contributed by atoms with Gasteiger partial charge < -0.3 is 19.9 Å². The highest BCUT2D eigenvalue weighted by atomic mass is 16.6. The summed E-state index contributed by atoms with van der Waals surface area (Å²) in [5.74, 6) is -0.398. The van der Waals surface area contributed by atoms with Crippen LogP contribution in [0.3, 0.4) is 0 Å². The Hall–Kier alpha value is -3.36. The molecule has 0 saturated carbocycles. The lowest BCUT2D eigenvalue weighted by Gasteiger charge is -2.42. The number of rotatable bonds is 3. The standard InChI is InChI=1S/C22H29N5O4/c1-22(2,3)31-21(30)26-11-12-27(20(29)17-9-10-24-25(17)5)18(14-26)15-7-6-8-16(13-15)19(28)23-4/h6-10,13,18H,11-12,14H2,1-5H3,(H,23,28)/t18-/m0/s1. The second kappa shape index (κ2) is 8.79. The maximum Gasteiger partial charge on any atom is 0.410 e. The van der Waals surface area contributed by atoms with Gasteiger partial charge in [0.2, 0.25) is 0 Å². The predicted octanol–water partition coefficient (Wildman–Crippen LogP) is 2.21. The lowest BCUT2D eigenvalue weighted by atomic mass is 9.99. The third-order valence-corrected chi connectivity index (χ3v) is 5.09. The SMILES string of the molecule is CNC(=O)c1cccc([C@@H]2CN(C(=O)OC(C)(C)C)CCN2C(=O)c2ccnn2C)c1. The van der Waals surface area contributed by atoms with Crippen molar-refractivity contribution in [2.24, 2.45) is 7.05 Å². The first-order valence-corrected chi connectivity index (χ1v) is 10.2. The average Bonchev–Trinajstić information content (AvgIpc) is 3.17. The number of amides is 3. The van der Waals surface area contributed by atoms with E-state index in [9.17, 15) is 14.4 Å². The summed E-state index contributed by atoms with van der Waals surface area (Å²) in [5, 5.41) is 6.71. The molecule has 1 aliphatic heterocycles. The number of nitrogens with zero attached hydrogens (tertiary/aromatic N) is 4. The van der Waals surface area contributed by atoms with Crippen molar-refractivity contribution >= 4 is 17.9 Å². The van der Waals surface area contributed by atoms with Crippen LogP contribution in [0.15, 0.2) is 36.5 Å². The maximum atomic E-state index is 13.3. The van der Waals surface area contributed by atoms with Gasteiger partial charge in [0.05, 0.1) is 6.04 Å². The van der Waals surface area contributed by atoms with E-state index in [0.29, 0.717) is 24.3 Å². The fraction of sp³-hybridized carbons (Fsp3) is 0.455. The molecular weight excluding hydrogens is 398 g/mol. The third kappa shape index (κ3) is 5.04. The molecule has 1 saturated heterocycles. The number of hydrogen-bond acceptors (Lipinski definition) is 5. The molecule has 0 aliphatic carbocycles. The predicted molar refractivity (Wildman–Crippen MR) is 115 cm³/mol. The van der Waals surface area contributed by atoms with Gasteiger partial charge in [-0.15, -0.1) is 0 Å². The molecule has 1 aromatic heterocycles. The molecular formula is C22H29N5O4. The van der Waals surface area contributed by atoms with E-state index in [0.717, 1.165) is 5.56 Å². The summed E-state index contributed by atoms with van der Waals surface area (Å²) in [6.45, 7) is 6.39. The minimum absolute atomic E-state index is 0.181. The van der Waals surface area contributed by atoms with Crippen molar-refractivity contribution in [1.29, 1.82) is 0 Å². The number of carbonyl (C=O) groups is 3. The van der Waals surface area contributed by atoms with Crippen LogP contribution in [0.4, 0.5) is 4.79 Å². The van der Waals surface area contributed by atoms with Crippen molar-refractivity contribution in [3.05, 3.63) is 53.3 Å². The zero-order chi connectivity index (χ0) is 22.8. The number of nitrogens with one attached hydrogen (secondary N) is 1. The van der Waals surface area contributed by atoms with E-state index < -0.39 is 17.7 Å². The zero-order valence-electron chi connectivity index (χ0n) is 18.6. The van der Waals surface area contributed by atoms with Gasteiger partial charge in [-0.05, 0) is 44.5 Å². The van der Waals surface area contributed by atoms with E-state index in [4.69, 9.17) is 4.74 Å². The molecule has 1 aromatic carbocycles. The summed E-state index contributed by atoms with van der Waals surface area (Å²) in [6, 6.07) is 8.34. The smallest absolute Gasteiger partial charge is 0.410 e. The lowest BCUT2D eigenvalue weighted by Crippen LogP contribution is -2.53. The fourth-order valence-corrected chi connectivity index (χ4v) is 3.57. The van der Waals surface area contributed by atoms with Crippen LogP contribution >= 0.6 is 0 Å². The summed E-state index contributed by atoms with van der Waals surface area (Å²) in [5.41, 5.74) is 1.10. The molecule has 3 rings (SSSR count). The molecule has 31 heavy (non-hydrogen) atoms. The zero-order valence-corrected chi connectivity index (χ0v) is 18.6. The normalized spacial score (nSPS) is 16.7. The minimum atomic E-state index is -0.618. The number of piperazine rings is 1. The van der Waals surface area contributed by atoms with E-state index >= 15 is 0 Å². The Morgan fingerprint density at radius 1 is 1.16 bits per heavy atom. The average molecular weight is 428 g/mol. The van der Waals surface area contributed by atoms with E-state index in [1.807, 2.05) is 26.8 Å². The van der Waals surface area contributed by atoms with Crippen molar-refractivity contribution in [1.82, 2.24) is 24.9 Å². The monoisotopic (exact) mass is 427 g/mol. The van der Waals surface area contributed by atoms with Crippen LogP contribution in [0.2, 0.25) is 0 Å². The number of hydrogen-bond donors (Lipinski definition) is 1. The van der Waals surface area contributed by atoms with Gasteiger partial charge in [0, 0.05) is 45.5 Å². The van der Waals surface area contributed by atoms with Crippen LogP contribution in [0.5, 0.6) is 0 Å². The van der Waals surface area contributed by atoms with Gasteiger partial charge in [0.1, 0.15) is 11.3 Å². The topological polar surface area (TPSA) is 96.8 Å². The summed E-state index contributed by atoms with van der Waals surface area (Å²) in [6.07, 6.45) is 1.15. The second-order valence-corrected chi connectivity index (χ2v) is 8.49. The number of aromatic nitrogens is 2. The molecule has 1 atom stereocenters. The molecule has 0 spiro atoms. The Labute approximate surface area is 182 Å². The van der Waals surface area contributed by atoms with Crippen molar-refractivity contribution in [3.63, 3.8) is 0 Å². The largest absolute Gasteiger partial charge is 0.444 e. The molecule has 1 aliphatic rings. The van der Waals surface area contributed by atoms with Gasteiger partial charge in [-0.25, -0.2) is 4.79 Å². The summed E-state index contributed by atoms with van der Waals surface area (Å²) in [7, 11) is 3.28.